The Balaban J connectivity index is 2.05. The van der Waals surface area contributed by atoms with E-state index in [2.05, 4.69) is 15.1 Å². The van der Waals surface area contributed by atoms with Crippen molar-refractivity contribution in [1.82, 2.24) is 10.2 Å². The molecule has 2 heterocycles. The molecule has 4 nitrogen and oxygen atoms in total. The summed E-state index contributed by atoms with van der Waals surface area (Å²) < 4.78 is 0. The number of aromatic nitrogens is 2. The third kappa shape index (κ3) is 2.01. The molecule has 0 aromatic carbocycles. The molecule has 4 heteroatoms. The SMILES string of the molecule is Cc1ccc(N2CCC(O)CC2)nn1. The van der Waals surface area contributed by atoms with Crippen LogP contribution >= 0.6 is 0 Å². The maximum atomic E-state index is 9.36. The molecule has 1 aromatic rings. The van der Waals surface area contributed by atoms with Crippen LogP contribution in [-0.2, 0) is 0 Å². The number of aliphatic hydroxyl groups is 1. The molecule has 0 amide bonds. The third-order valence-corrected chi connectivity index (χ3v) is 2.57. The molecule has 0 aliphatic carbocycles. The van der Waals surface area contributed by atoms with E-state index in [9.17, 15) is 5.11 Å². The van der Waals surface area contributed by atoms with Crippen molar-refractivity contribution in [1.29, 1.82) is 0 Å². The molecule has 0 saturated carbocycles. The van der Waals surface area contributed by atoms with Crippen molar-refractivity contribution < 1.29 is 5.11 Å². The number of aryl methyl sites for hydroxylation is 1. The van der Waals surface area contributed by atoms with Gasteiger partial charge < -0.3 is 10.0 Å². The van der Waals surface area contributed by atoms with E-state index in [-0.39, 0.29) is 6.10 Å². The molecule has 0 unspecified atom stereocenters. The van der Waals surface area contributed by atoms with Crippen LogP contribution in [0.5, 0.6) is 0 Å². The highest BCUT2D eigenvalue weighted by Crippen LogP contribution is 2.16. The zero-order valence-electron chi connectivity index (χ0n) is 8.35. The van der Waals surface area contributed by atoms with Crippen LogP contribution in [0.4, 0.5) is 5.82 Å². The Morgan fingerprint density at radius 3 is 2.57 bits per heavy atom. The van der Waals surface area contributed by atoms with Crippen molar-refractivity contribution in [2.75, 3.05) is 18.0 Å². The Kier molecular flexibility index (Phi) is 2.63. The van der Waals surface area contributed by atoms with E-state index < -0.39 is 0 Å². The molecule has 0 atom stereocenters. The lowest BCUT2D eigenvalue weighted by atomic mass is 10.1. The molecule has 0 bridgehead atoms. The largest absolute Gasteiger partial charge is 0.393 e. The number of piperidine rings is 1. The Hall–Kier alpha value is -1.16. The summed E-state index contributed by atoms with van der Waals surface area (Å²) in [4.78, 5) is 2.17. The fraction of sp³-hybridized carbons (Fsp3) is 0.600. The van der Waals surface area contributed by atoms with Gasteiger partial charge in [0.1, 0.15) is 0 Å². The maximum Gasteiger partial charge on any atom is 0.151 e. The summed E-state index contributed by atoms with van der Waals surface area (Å²) in [5, 5.41) is 17.5. The fourth-order valence-electron chi connectivity index (χ4n) is 1.66. The highest BCUT2D eigenvalue weighted by Gasteiger charge is 2.17. The van der Waals surface area contributed by atoms with Crippen molar-refractivity contribution in [3.8, 4) is 0 Å². The summed E-state index contributed by atoms with van der Waals surface area (Å²) in [5.74, 6) is 0.919. The molecule has 1 aromatic heterocycles. The zero-order chi connectivity index (χ0) is 9.97. The second kappa shape index (κ2) is 3.92. The van der Waals surface area contributed by atoms with Gasteiger partial charge >= 0.3 is 0 Å². The molecular weight excluding hydrogens is 178 g/mol. The molecule has 0 spiro atoms. The summed E-state index contributed by atoms with van der Waals surface area (Å²) in [6.45, 7) is 3.68. The number of hydrogen-bond acceptors (Lipinski definition) is 4. The number of aliphatic hydroxyl groups excluding tert-OH is 1. The summed E-state index contributed by atoms with van der Waals surface area (Å²) in [5.41, 5.74) is 0.936. The standard InChI is InChI=1S/C10H15N3O/c1-8-2-3-10(12-11-8)13-6-4-9(14)5-7-13/h2-3,9,14H,4-7H2,1H3. The third-order valence-electron chi connectivity index (χ3n) is 2.57. The van der Waals surface area contributed by atoms with Crippen LogP contribution in [0.1, 0.15) is 18.5 Å². The van der Waals surface area contributed by atoms with Crippen LogP contribution in [0.3, 0.4) is 0 Å². The van der Waals surface area contributed by atoms with Crippen molar-refractivity contribution in [2.24, 2.45) is 0 Å². The van der Waals surface area contributed by atoms with Crippen LogP contribution in [-0.4, -0.2) is 34.5 Å². The minimum absolute atomic E-state index is 0.135. The van der Waals surface area contributed by atoms with E-state index in [0.717, 1.165) is 37.4 Å². The highest BCUT2D eigenvalue weighted by molar-refractivity contribution is 5.37. The van der Waals surface area contributed by atoms with Crippen LogP contribution in [0.25, 0.3) is 0 Å². The van der Waals surface area contributed by atoms with Gasteiger partial charge in [-0.05, 0) is 31.9 Å². The van der Waals surface area contributed by atoms with E-state index in [4.69, 9.17) is 0 Å². The molecule has 14 heavy (non-hydrogen) atoms. The molecule has 1 aliphatic heterocycles. The minimum Gasteiger partial charge on any atom is -0.393 e. The first-order valence-corrected chi connectivity index (χ1v) is 4.99. The molecule has 0 radical (unpaired) electrons. The van der Waals surface area contributed by atoms with Crippen LogP contribution in [0, 0.1) is 6.92 Å². The van der Waals surface area contributed by atoms with E-state index in [1.807, 2.05) is 19.1 Å². The summed E-state index contributed by atoms with van der Waals surface area (Å²) >= 11 is 0. The number of hydrogen-bond donors (Lipinski definition) is 1. The number of rotatable bonds is 1. The summed E-state index contributed by atoms with van der Waals surface area (Å²) in [6.07, 6.45) is 1.52. The van der Waals surface area contributed by atoms with Gasteiger partial charge in [-0.1, -0.05) is 0 Å². The number of nitrogens with zero attached hydrogens (tertiary/aromatic N) is 3. The van der Waals surface area contributed by atoms with Crippen LogP contribution in [0.15, 0.2) is 12.1 Å². The van der Waals surface area contributed by atoms with Crippen molar-refractivity contribution >= 4 is 5.82 Å². The lowest BCUT2D eigenvalue weighted by Crippen LogP contribution is -2.36. The normalized spacial score (nSPS) is 18.6. The molecule has 1 fully saturated rings. The van der Waals surface area contributed by atoms with E-state index in [1.165, 1.54) is 0 Å². The molecular formula is C10H15N3O. The summed E-state index contributed by atoms with van der Waals surface area (Å²) in [6, 6.07) is 3.95. The van der Waals surface area contributed by atoms with Gasteiger partial charge in [0.05, 0.1) is 11.8 Å². The van der Waals surface area contributed by atoms with Gasteiger partial charge in [0.15, 0.2) is 5.82 Å². The topological polar surface area (TPSA) is 49.2 Å². The number of anilines is 1. The average Bonchev–Trinajstić information content (AvgIpc) is 2.21. The van der Waals surface area contributed by atoms with Gasteiger partial charge in [0, 0.05) is 13.1 Å². The summed E-state index contributed by atoms with van der Waals surface area (Å²) in [7, 11) is 0. The molecule has 76 valence electrons. The first-order chi connectivity index (χ1) is 6.75. The first-order valence-electron chi connectivity index (χ1n) is 4.99. The van der Waals surface area contributed by atoms with Gasteiger partial charge in [-0.2, -0.15) is 5.10 Å². The van der Waals surface area contributed by atoms with Gasteiger partial charge in [0.2, 0.25) is 0 Å². The molecule has 1 N–H and O–H groups in total. The van der Waals surface area contributed by atoms with Gasteiger partial charge in [-0.25, -0.2) is 0 Å². The predicted molar refractivity (Wildman–Crippen MR) is 54.2 cm³/mol. The van der Waals surface area contributed by atoms with Crippen molar-refractivity contribution in [3.05, 3.63) is 17.8 Å². The Labute approximate surface area is 83.6 Å². The second-order valence-electron chi connectivity index (χ2n) is 3.75. The predicted octanol–water partition coefficient (Wildman–Crippen LogP) is 0.746. The van der Waals surface area contributed by atoms with E-state index in [0.29, 0.717) is 0 Å². The van der Waals surface area contributed by atoms with Gasteiger partial charge in [0.25, 0.3) is 0 Å². The Bertz CT molecular complexity index is 291. The van der Waals surface area contributed by atoms with Gasteiger partial charge in [-0.3, -0.25) is 0 Å². The molecule has 2 rings (SSSR count). The Morgan fingerprint density at radius 2 is 2.00 bits per heavy atom. The minimum atomic E-state index is -0.135. The average molecular weight is 193 g/mol. The Morgan fingerprint density at radius 1 is 1.29 bits per heavy atom. The van der Waals surface area contributed by atoms with Gasteiger partial charge in [-0.15, -0.1) is 5.10 Å². The fourth-order valence-corrected chi connectivity index (χ4v) is 1.66. The van der Waals surface area contributed by atoms with Crippen LogP contribution < -0.4 is 4.90 Å². The highest BCUT2D eigenvalue weighted by atomic mass is 16.3. The zero-order valence-corrected chi connectivity index (χ0v) is 8.35. The molecule has 1 aliphatic rings. The first kappa shape index (κ1) is 9.40. The maximum absolute atomic E-state index is 9.36. The van der Waals surface area contributed by atoms with E-state index in [1.54, 1.807) is 0 Å². The van der Waals surface area contributed by atoms with Crippen molar-refractivity contribution in [3.63, 3.8) is 0 Å². The van der Waals surface area contributed by atoms with E-state index >= 15 is 0 Å². The molecule has 1 saturated heterocycles. The monoisotopic (exact) mass is 193 g/mol. The smallest absolute Gasteiger partial charge is 0.151 e. The lowest BCUT2D eigenvalue weighted by molar-refractivity contribution is 0.145. The second-order valence-corrected chi connectivity index (χ2v) is 3.75. The lowest BCUT2D eigenvalue weighted by Gasteiger charge is -2.29. The van der Waals surface area contributed by atoms with Crippen molar-refractivity contribution in [2.45, 2.75) is 25.9 Å². The quantitative estimate of drug-likeness (QED) is 0.715. The van der Waals surface area contributed by atoms with Crippen LogP contribution in [0.2, 0.25) is 0 Å².